The van der Waals surface area contributed by atoms with E-state index in [0.29, 0.717) is 0 Å². The average Bonchev–Trinajstić information content (AvgIpc) is 2.14. The highest BCUT2D eigenvalue weighted by molar-refractivity contribution is 5.06. The van der Waals surface area contributed by atoms with Gasteiger partial charge in [-0.15, -0.1) is 0 Å². The molecule has 3 nitrogen and oxygen atoms in total. The molecule has 2 aliphatic heterocycles. The fourth-order valence-corrected chi connectivity index (χ4v) is 1.84. The Balaban J connectivity index is 2.10. The molecular weight excluding hydrogens is 168 g/mol. The third kappa shape index (κ3) is 1.77. The van der Waals surface area contributed by atoms with Gasteiger partial charge in [0.25, 0.3) is 0 Å². The minimum Gasteiger partial charge on any atom is -0.386 e. The molecule has 1 N–H and O–H groups in total. The number of aliphatic hydroxyl groups excluding tert-OH is 1. The molecule has 0 radical (unpaired) electrons. The van der Waals surface area contributed by atoms with Crippen LogP contribution in [0.5, 0.6) is 0 Å². The molecule has 2 heterocycles. The van der Waals surface area contributed by atoms with Crippen molar-refractivity contribution < 1.29 is 14.6 Å². The summed E-state index contributed by atoms with van der Waals surface area (Å²) in [5.41, 5.74) is 0. The van der Waals surface area contributed by atoms with Crippen molar-refractivity contribution in [3.8, 4) is 0 Å². The first-order chi connectivity index (χ1) is 6.22. The number of hydrogen-bond donors (Lipinski definition) is 1. The van der Waals surface area contributed by atoms with E-state index in [1.807, 2.05) is 13.0 Å². The van der Waals surface area contributed by atoms with E-state index in [2.05, 4.69) is 0 Å². The van der Waals surface area contributed by atoms with Gasteiger partial charge < -0.3 is 14.6 Å². The van der Waals surface area contributed by atoms with Crippen LogP contribution in [0.15, 0.2) is 12.2 Å². The summed E-state index contributed by atoms with van der Waals surface area (Å²) >= 11 is 0. The van der Waals surface area contributed by atoms with Crippen LogP contribution in [0.2, 0.25) is 0 Å². The van der Waals surface area contributed by atoms with E-state index in [4.69, 9.17) is 9.47 Å². The molecule has 0 aromatic rings. The molecule has 0 aliphatic carbocycles. The third-order valence-corrected chi connectivity index (χ3v) is 2.68. The smallest absolute Gasteiger partial charge is 0.188 e. The van der Waals surface area contributed by atoms with Gasteiger partial charge in [0.2, 0.25) is 0 Å². The summed E-state index contributed by atoms with van der Waals surface area (Å²) in [6.07, 6.45) is 6.12. The van der Waals surface area contributed by atoms with Crippen LogP contribution in [0.25, 0.3) is 0 Å². The molecule has 0 aromatic heterocycles. The minimum atomic E-state index is -0.531. The van der Waals surface area contributed by atoms with E-state index in [1.54, 1.807) is 6.08 Å². The van der Waals surface area contributed by atoms with Crippen LogP contribution in [0, 0.1) is 0 Å². The predicted octanol–water partition coefficient (Wildman–Crippen LogP) is 1.22. The Morgan fingerprint density at radius 2 is 2.31 bits per heavy atom. The van der Waals surface area contributed by atoms with Crippen LogP contribution < -0.4 is 0 Å². The Hall–Kier alpha value is -0.380. The first kappa shape index (κ1) is 9.19. The summed E-state index contributed by atoms with van der Waals surface area (Å²) in [5, 5.41) is 9.42. The zero-order valence-electron chi connectivity index (χ0n) is 7.90. The Labute approximate surface area is 78.3 Å². The Morgan fingerprint density at radius 1 is 1.46 bits per heavy atom. The van der Waals surface area contributed by atoms with E-state index in [1.165, 1.54) is 0 Å². The lowest BCUT2D eigenvalue weighted by Crippen LogP contribution is -2.46. The van der Waals surface area contributed by atoms with Crippen LogP contribution in [0.4, 0.5) is 0 Å². The van der Waals surface area contributed by atoms with Gasteiger partial charge in [0.1, 0.15) is 0 Å². The van der Waals surface area contributed by atoms with Crippen LogP contribution in [-0.4, -0.2) is 29.7 Å². The average molecular weight is 184 g/mol. The van der Waals surface area contributed by atoms with Crippen molar-refractivity contribution in [3.05, 3.63) is 12.2 Å². The molecule has 0 unspecified atom stereocenters. The van der Waals surface area contributed by atoms with E-state index < -0.39 is 11.9 Å². The largest absolute Gasteiger partial charge is 0.386 e. The van der Waals surface area contributed by atoms with Gasteiger partial charge in [-0.25, -0.2) is 0 Å². The van der Waals surface area contributed by atoms with Gasteiger partial charge in [0.15, 0.2) is 5.79 Å². The van der Waals surface area contributed by atoms with Crippen molar-refractivity contribution in [1.29, 1.82) is 0 Å². The molecule has 2 aliphatic rings. The van der Waals surface area contributed by atoms with Gasteiger partial charge in [0.05, 0.1) is 18.8 Å². The second-order valence-corrected chi connectivity index (χ2v) is 3.79. The minimum absolute atomic E-state index is 0.164. The van der Waals surface area contributed by atoms with Gasteiger partial charge in [-0.2, -0.15) is 0 Å². The SMILES string of the molecule is C[C@H]1O[C@]2(C=C[C@H]1O)CCCCO2. The normalized spacial score (nSPS) is 45.4. The molecule has 0 bridgehead atoms. The molecular formula is C10H16O3. The second-order valence-electron chi connectivity index (χ2n) is 3.79. The summed E-state index contributed by atoms with van der Waals surface area (Å²) in [5.74, 6) is -0.531. The second kappa shape index (κ2) is 3.40. The summed E-state index contributed by atoms with van der Waals surface area (Å²) in [6, 6.07) is 0. The van der Waals surface area contributed by atoms with Gasteiger partial charge in [-0.3, -0.25) is 0 Å². The van der Waals surface area contributed by atoms with Crippen LogP contribution in [0.3, 0.4) is 0 Å². The van der Waals surface area contributed by atoms with Crippen molar-refractivity contribution in [1.82, 2.24) is 0 Å². The Bertz CT molecular complexity index is 206. The van der Waals surface area contributed by atoms with Crippen molar-refractivity contribution in [2.24, 2.45) is 0 Å². The predicted molar refractivity (Wildman–Crippen MR) is 48.2 cm³/mol. The lowest BCUT2D eigenvalue weighted by molar-refractivity contribution is -0.259. The van der Waals surface area contributed by atoms with Gasteiger partial charge in [-0.05, 0) is 25.8 Å². The summed E-state index contributed by atoms with van der Waals surface area (Å²) < 4.78 is 11.3. The molecule has 3 atom stereocenters. The highest BCUT2D eigenvalue weighted by Crippen LogP contribution is 2.32. The molecule has 1 saturated heterocycles. The zero-order chi connectivity index (χ0) is 9.31. The quantitative estimate of drug-likeness (QED) is 0.575. The number of aliphatic hydroxyl groups is 1. The fourth-order valence-electron chi connectivity index (χ4n) is 1.84. The molecule has 0 aromatic carbocycles. The molecule has 3 heteroatoms. The van der Waals surface area contributed by atoms with E-state index >= 15 is 0 Å². The maximum Gasteiger partial charge on any atom is 0.188 e. The Morgan fingerprint density at radius 3 is 2.92 bits per heavy atom. The molecule has 2 rings (SSSR count). The third-order valence-electron chi connectivity index (χ3n) is 2.68. The van der Waals surface area contributed by atoms with Crippen molar-refractivity contribution in [2.75, 3.05) is 6.61 Å². The maximum absolute atomic E-state index is 9.42. The first-order valence-corrected chi connectivity index (χ1v) is 4.91. The zero-order valence-corrected chi connectivity index (χ0v) is 7.90. The monoisotopic (exact) mass is 184 g/mol. The molecule has 1 fully saturated rings. The van der Waals surface area contributed by atoms with Crippen LogP contribution >= 0.6 is 0 Å². The molecule has 74 valence electrons. The highest BCUT2D eigenvalue weighted by Gasteiger charge is 2.37. The van der Waals surface area contributed by atoms with Crippen molar-refractivity contribution in [3.63, 3.8) is 0 Å². The van der Waals surface area contributed by atoms with E-state index in [-0.39, 0.29) is 6.10 Å². The highest BCUT2D eigenvalue weighted by atomic mass is 16.7. The molecule has 0 saturated carbocycles. The fraction of sp³-hybridized carbons (Fsp3) is 0.800. The summed E-state index contributed by atoms with van der Waals surface area (Å²) in [7, 11) is 0. The standard InChI is InChI=1S/C10H16O3/c1-8-9(11)4-6-10(13-8)5-2-3-7-12-10/h4,6,8-9,11H,2-3,5,7H2,1H3/t8-,9-,10+/m1/s1. The first-order valence-electron chi connectivity index (χ1n) is 4.91. The van der Waals surface area contributed by atoms with Crippen molar-refractivity contribution >= 4 is 0 Å². The topological polar surface area (TPSA) is 38.7 Å². The number of ether oxygens (including phenoxy) is 2. The van der Waals surface area contributed by atoms with E-state index in [0.717, 1.165) is 25.9 Å². The summed E-state index contributed by atoms with van der Waals surface area (Å²) in [6.45, 7) is 2.63. The number of hydrogen-bond acceptors (Lipinski definition) is 3. The molecule has 0 amide bonds. The lowest BCUT2D eigenvalue weighted by atomic mass is 10.0. The van der Waals surface area contributed by atoms with Crippen LogP contribution in [0.1, 0.15) is 26.2 Å². The van der Waals surface area contributed by atoms with Gasteiger partial charge >= 0.3 is 0 Å². The Kier molecular flexibility index (Phi) is 2.41. The lowest BCUT2D eigenvalue weighted by Gasteiger charge is -2.40. The van der Waals surface area contributed by atoms with Crippen molar-refractivity contribution in [2.45, 2.75) is 44.2 Å². The number of rotatable bonds is 0. The van der Waals surface area contributed by atoms with E-state index in [9.17, 15) is 5.11 Å². The maximum atomic E-state index is 9.42. The molecule has 1 spiro atoms. The summed E-state index contributed by atoms with van der Waals surface area (Å²) in [4.78, 5) is 0. The van der Waals surface area contributed by atoms with Crippen LogP contribution in [-0.2, 0) is 9.47 Å². The van der Waals surface area contributed by atoms with Gasteiger partial charge in [0, 0.05) is 6.42 Å². The molecule has 13 heavy (non-hydrogen) atoms. The van der Waals surface area contributed by atoms with Gasteiger partial charge in [-0.1, -0.05) is 6.08 Å².